The molecule has 6 nitrogen and oxygen atoms in total. The number of hydrogen-bond donors (Lipinski definition) is 3. The molecule has 0 heterocycles. The average Bonchev–Trinajstić information content (AvgIpc) is 2.20. The van der Waals surface area contributed by atoms with Crippen LogP contribution in [0.2, 0.25) is 0 Å². The smallest absolute Gasteiger partial charge is 0.417 e. The van der Waals surface area contributed by atoms with Gasteiger partial charge in [-0.05, 0) is 6.92 Å². The summed E-state index contributed by atoms with van der Waals surface area (Å²) in [6.07, 6.45) is -5.05. The van der Waals surface area contributed by atoms with Crippen molar-refractivity contribution in [3.63, 3.8) is 0 Å². The number of carbonyl (C=O) groups is 2. The molecule has 9 heteroatoms. The van der Waals surface area contributed by atoms with Gasteiger partial charge in [0, 0.05) is 0 Å². The van der Waals surface area contributed by atoms with E-state index in [0.29, 0.717) is 6.92 Å². The highest BCUT2D eigenvalue weighted by Crippen LogP contribution is 2.30. The molecule has 17 heavy (non-hydrogen) atoms. The van der Waals surface area contributed by atoms with Crippen molar-refractivity contribution < 1.29 is 27.9 Å². The molecule has 1 atom stereocenters. The molecule has 0 spiro atoms. The van der Waals surface area contributed by atoms with E-state index in [2.05, 4.69) is 0 Å². The first-order valence-electron chi connectivity index (χ1n) is 4.34. The number of carboxylic acid groups (broad SMARTS) is 1. The van der Waals surface area contributed by atoms with Crippen LogP contribution < -0.4 is 10.6 Å². The summed E-state index contributed by atoms with van der Waals surface area (Å²) in [7, 11) is 0. The van der Waals surface area contributed by atoms with E-state index in [1.54, 1.807) is 11.4 Å². The zero-order valence-corrected chi connectivity index (χ0v) is 8.76. The van der Waals surface area contributed by atoms with E-state index < -0.39 is 30.1 Å². The number of carbonyl (C=O) groups excluding carboxylic acids is 1. The minimum Gasteiger partial charge on any atom is -0.480 e. The van der Waals surface area contributed by atoms with Gasteiger partial charge in [-0.3, -0.25) is 10.1 Å². The summed E-state index contributed by atoms with van der Waals surface area (Å²) < 4.78 is 37.3. The molecule has 1 unspecified atom stereocenters. The van der Waals surface area contributed by atoms with E-state index in [-0.39, 0.29) is 6.54 Å². The lowest BCUT2D eigenvalue weighted by Gasteiger charge is -2.28. The van der Waals surface area contributed by atoms with Crippen molar-refractivity contribution in [2.24, 2.45) is 0 Å². The van der Waals surface area contributed by atoms with Gasteiger partial charge in [-0.2, -0.15) is 18.4 Å². The van der Waals surface area contributed by atoms with Crippen molar-refractivity contribution in [2.75, 3.05) is 13.1 Å². The van der Waals surface area contributed by atoms with Crippen LogP contribution >= 0.6 is 0 Å². The predicted octanol–water partition coefficient (Wildman–Crippen LogP) is -0.379. The highest BCUT2D eigenvalue weighted by Gasteiger charge is 2.57. The summed E-state index contributed by atoms with van der Waals surface area (Å²) in [5.74, 6) is -3.04. The summed E-state index contributed by atoms with van der Waals surface area (Å²) in [5.41, 5.74) is -3.21. The number of halogens is 3. The monoisotopic (exact) mass is 253 g/mol. The Kier molecular flexibility index (Phi) is 4.90. The summed E-state index contributed by atoms with van der Waals surface area (Å²) in [6.45, 7) is -0.812. The molecule has 0 bridgehead atoms. The molecule has 0 aromatic rings. The largest absolute Gasteiger partial charge is 0.480 e. The fourth-order valence-corrected chi connectivity index (χ4v) is 0.755. The lowest BCUT2D eigenvalue weighted by molar-refractivity contribution is -0.205. The number of nitrogens with zero attached hydrogens (tertiary/aromatic N) is 1. The number of alkyl halides is 3. The minimum atomic E-state index is -5.05. The second-order valence-electron chi connectivity index (χ2n) is 3.22. The number of aliphatic carboxylic acids is 1. The van der Waals surface area contributed by atoms with Crippen LogP contribution in [0, 0.1) is 11.3 Å². The first-order chi connectivity index (χ1) is 7.65. The molecule has 3 N–H and O–H groups in total. The maximum Gasteiger partial charge on any atom is 0.417 e. The van der Waals surface area contributed by atoms with E-state index in [1.165, 1.54) is 0 Å². The normalized spacial score (nSPS) is 14.5. The number of rotatable bonds is 5. The summed E-state index contributed by atoms with van der Waals surface area (Å²) in [6, 6.07) is 1.55. The fourth-order valence-electron chi connectivity index (χ4n) is 0.755. The minimum absolute atomic E-state index is 0.365. The molecule has 0 saturated heterocycles. The molecule has 0 aromatic heterocycles. The quantitative estimate of drug-likeness (QED) is 0.580. The highest BCUT2D eigenvalue weighted by molar-refractivity contribution is 5.82. The van der Waals surface area contributed by atoms with E-state index in [9.17, 15) is 22.8 Å². The molecule has 0 aliphatic carbocycles. The van der Waals surface area contributed by atoms with Gasteiger partial charge in [-0.1, -0.05) is 0 Å². The van der Waals surface area contributed by atoms with Crippen LogP contribution in [0.1, 0.15) is 6.92 Å². The Hall–Kier alpha value is -1.82. The van der Waals surface area contributed by atoms with Crippen LogP contribution in [0.4, 0.5) is 13.2 Å². The molecule has 0 saturated carbocycles. The number of nitrogens with one attached hydrogen (secondary N) is 2. The van der Waals surface area contributed by atoms with Gasteiger partial charge in [0.15, 0.2) is 0 Å². The Morgan fingerprint density at radius 1 is 1.41 bits per heavy atom. The maximum absolute atomic E-state index is 12.4. The summed E-state index contributed by atoms with van der Waals surface area (Å²) in [4.78, 5) is 21.4. The summed E-state index contributed by atoms with van der Waals surface area (Å²) in [5, 5.41) is 20.2. The standard InChI is InChI=1S/C8H10F3N3O3/c1-7(6(16)17,8(9,10)11)14-4-5(15)13-3-2-12/h14H,3-4H2,1H3,(H,13,15)(H,16,17). The fraction of sp³-hybridized carbons (Fsp3) is 0.625. The second-order valence-corrected chi connectivity index (χ2v) is 3.22. The molecule has 0 fully saturated rings. The van der Waals surface area contributed by atoms with Crippen LogP contribution in [-0.4, -0.2) is 41.8 Å². The third-order valence-corrected chi connectivity index (χ3v) is 1.96. The molecule has 0 aromatic carbocycles. The Balaban J connectivity index is 4.56. The number of carboxylic acids is 1. The van der Waals surface area contributed by atoms with Gasteiger partial charge in [0.05, 0.1) is 12.6 Å². The lowest BCUT2D eigenvalue weighted by Crippen LogP contribution is -2.61. The van der Waals surface area contributed by atoms with Gasteiger partial charge in [-0.25, -0.2) is 4.79 Å². The van der Waals surface area contributed by atoms with E-state index in [4.69, 9.17) is 10.4 Å². The van der Waals surface area contributed by atoms with Crippen molar-refractivity contribution in [3.05, 3.63) is 0 Å². The van der Waals surface area contributed by atoms with Gasteiger partial charge in [0.25, 0.3) is 0 Å². The maximum atomic E-state index is 12.4. The van der Waals surface area contributed by atoms with Crippen molar-refractivity contribution in [2.45, 2.75) is 18.6 Å². The lowest BCUT2D eigenvalue weighted by atomic mass is 10.0. The number of hydrogen-bond acceptors (Lipinski definition) is 4. The second kappa shape index (κ2) is 5.49. The SMILES string of the molecule is CC(NCC(=O)NCC#N)(C(=O)O)C(F)(F)F. The van der Waals surface area contributed by atoms with Crippen molar-refractivity contribution in [1.29, 1.82) is 5.26 Å². The van der Waals surface area contributed by atoms with Crippen molar-refractivity contribution in [1.82, 2.24) is 10.6 Å². The van der Waals surface area contributed by atoms with E-state index in [1.807, 2.05) is 5.32 Å². The average molecular weight is 253 g/mol. The van der Waals surface area contributed by atoms with Gasteiger partial charge in [-0.15, -0.1) is 0 Å². The predicted molar refractivity (Wildman–Crippen MR) is 48.7 cm³/mol. The van der Waals surface area contributed by atoms with Crippen LogP contribution in [0.5, 0.6) is 0 Å². The van der Waals surface area contributed by atoms with Gasteiger partial charge in [0.1, 0.15) is 6.54 Å². The zero-order chi connectivity index (χ0) is 13.7. The third kappa shape index (κ3) is 3.92. The molecule has 0 aliphatic heterocycles. The topological polar surface area (TPSA) is 102 Å². The van der Waals surface area contributed by atoms with Gasteiger partial charge >= 0.3 is 12.1 Å². The Labute approximate surface area is 94.4 Å². The molecule has 0 aliphatic rings. The number of nitriles is 1. The Bertz CT molecular complexity index is 350. The molecular formula is C8H10F3N3O3. The summed E-state index contributed by atoms with van der Waals surface area (Å²) >= 11 is 0. The van der Waals surface area contributed by atoms with Crippen LogP contribution in [0.15, 0.2) is 0 Å². The molecule has 0 radical (unpaired) electrons. The molecule has 96 valence electrons. The van der Waals surface area contributed by atoms with Gasteiger partial charge < -0.3 is 10.4 Å². The highest BCUT2D eigenvalue weighted by atomic mass is 19.4. The first kappa shape index (κ1) is 15.2. The van der Waals surface area contributed by atoms with Crippen molar-refractivity contribution >= 4 is 11.9 Å². The zero-order valence-electron chi connectivity index (χ0n) is 8.76. The van der Waals surface area contributed by atoms with Crippen LogP contribution in [0.3, 0.4) is 0 Å². The van der Waals surface area contributed by atoms with Gasteiger partial charge in [0.2, 0.25) is 11.4 Å². The van der Waals surface area contributed by atoms with E-state index in [0.717, 1.165) is 0 Å². The van der Waals surface area contributed by atoms with Crippen LogP contribution in [-0.2, 0) is 9.59 Å². The van der Waals surface area contributed by atoms with Crippen LogP contribution in [0.25, 0.3) is 0 Å². The third-order valence-electron chi connectivity index (χ3n) is 1.96. The van der Waals surface area contributed by atoms with E-state index >= 15 is 0 Å². The Morgan fingerprint density at radius 3 is 2.29 bits per heavy atom. The molecule has 1 amide bonds. The molecular weight excluding hydrogens is 243 g/mol. The molecule has 0 rings (SSSR count). The Morgan fingerprint density at radius 2 is 1.94 bits per heavy atom. The first-order valence-corrected chi connectivity index (χ1v) is 4.34. The number of amides is 1. The van der Waals surface area contributed by atoms with Crippen molar-refractivity contribution in [3.8, 4) is 6.07 Å².